The second kappa shape index (κ2) is 10.4. The number of aromatic nitrogens is 1. The molecule has 0 amide bonds. The third kappa shape index (κ3) is 6.89. The van der Waals surface area contributed by atoms with Crippen molar-refractivity contribution in [2.24, 2.45) is 4.99 Å². The van der Waals surface area contributed by atoms with Gasteiger partial charge in [0.2, 0.25) is 0 Å². The number of nitrogens with zero attached hydrogens (tertiary/aromatic N) is 3. The molecule has 6 nitrogen and oxygen atoms in total. The predicted octanol–water partition coefficient (Wildman–Crippen LogP) is 2.70. The Morgan fingerprint density at radius 2 is 2.00 bits per heavy atom. The van der Waals surface area contributed by atoms with Crippen molar-refractivity contribution in [1.82, 2.24) is 15.2 Å². The highest BCUT2D eigenvalue weighted by Gasteiger charge is 2.05. The standard InChI is InChI=1S/C18H23ClN4O2/c1-20-18(22-9-11-24-17-7-4-8-21-14-17)23(2)10-12-25-16-6-3-5-15(19)13-16/h3-8,13-14H,9-12H2,1-2H3,(H,20,22). The monoisotopic (exact) mass is 362 g/mol. The van der Waals surface area contributed by atoms with E-state index < -0.39 is 0 Å². The van der Waals surface area contributed by atoms with Crippen LogP contribution in [-0.4, -0.2) is 56.2 Å². The van der Waals surface area contributed by atoms with Crippen molar-refractivity contribution in [2.75, 3.05) is 40.4 Å². The minimum Gasteiger partial charge on any atom is -0.492 e. The van der Waals surface area contributed by atoms with Crippen LogP contribution in [0.3, 0.4) is 0 Å². The van der Waals surface area contributed by atoms with E-state index in [1.54, 1.807) is 25.5 Å². The summed E-state index contributed by atoms with van der Waals surface area (Å²) in [5.41, 5.74) is 0. The Balaban J connectivity index is 1.67. The number of likely N-dealkylation sites (N-methyl/N-ethyl adjacent to an activating group) is 1. The van der Waals surface area contributed by atoms with Crippen LogP contribution in [0.2, 0.25) is 5.02 Å². The molecule has 0 atom stereocenters. The molecule has 0 spiro atoms. The highest BCUT2D eigenvalue weighted by molar-refractivity contribution is 6.30. The van der Waals surface area contributed by atoms with E-state index in [1.807, 2.05) is 42.3 Å². The van der Waals surface area contributed by atoms with E-state index in [0.29, 0.717) is 31.3 Å². The average Bonchev–Trinajstić information content (AvgIpc) is 2.62. The van der Waals surface area contributed by atoms with Gasteiger partial charge >= 0.3 is 0 Å². The lowest BCUT2D eigenvalue weighted by atomic mass is 10.3. The van der Waals surface area contributed by atoms with Gasteiger partial charge in [0.05, 0.1) is 19.3 Å². The van der Waals surface area contributed by atoms with Crippen LogP contribution < -0.4 is 14.8 Å². The molecule has 0 bridgehead atoms. The second-order valence-electron chi connectivity index (χ2n) is 5.24. The summed E-state index contributed by atoms with van der Waals surface area (Å²) in [5, 5.41) is 3.91. The molecule has 0 radical (unpaired) electrons. The maximum atomic E-state index is 5.94. The lowest BCUT2D eigenvalue weighted by Crippen LogP contribution is -2.42. The Labute approximate surface area is 153 Å². The van der Waals surface area contributed by atoms with Gasteiger partial charge in [-0.1, -0.05) is 17.7 Å². The summed E-state index contributed by atoms with van der Waals surface area (Å²) >= 11 is 5.94. The largest absolute Gasteiger partial charge is 0.492 e. The summed E-state index contributed by atoms with van der Waals surface area (Å²) in [5.74, 6) is 2.29. The molecule has 134 valence electrons. The second-order valence-corrected chi connectivity index (χ2v) is 5.68. The van der Waals surface area contributed by atoms with Crippen LogP contribution in [0.15, 0.2) is 53.8 Å². The third-order valence-electron chi connectivity index (χ3n) is 3.35. The van der Waals surface area contributed by atoms with Gasteiger partial charge in [-0.05, 0) is 30.3 Å². The first-order chi connectivity index (χ1) is 12.2. The van der Waals surface area contributed by atoms with Gasteiger partial charge in [-0.2, -0.15) is 0 Å². The van der Waals surface area contributed by atoms with Crippen LogP contribution in [0.4, 0.5) is 0 Å². The number of hydrogen-bond acceptors (Lipinski definition) is 4. The van der Waals surface area contributed by atoms with E-state index in [1.165, 1.54) is 0 Å². The zero-order chi connectivity index (χ0) is 17.9. The summed E-state index contributed by atoms with van der Waals surface area (Å²) in [6.45, 7) is 2.39. The van der Waals surface area contributed by atoms with Crippen LogP contribution in [0.25, 0.3) is 0 Å². The molecule has 2 aromatic rings. The first-order valence-corrected chi connectivity index (χ1v) is 8.40. The first-order valence-electron chi connectivity index (χ1n) is 8.02. The molecule has 0 unspecified atom stereocenters. The molecule has 0 aliphatic heterocycles. The number of halogens is 1. The normalized spacial score (nSPS) is 11.1. The Bertz CT molecular complexity index is 667. The first kappa shape index (κ1) is 18.9. The number of rotatable bonds is 8. The van der Waals surface area contributed by atoms with Crippen LogP contribution >= 0.6 is 11.6 Å². The van der Waals surface area contributed by atoms with E-state index in [0.717, 1.165) is 17.5 Å². The molecule has 0 aliphatic rings. The van der Waals surface area contributed by atoms with Gasteiger partial charge in [-0.15, -0.1) is 0 Å². The maximum absolute atomic E-state index is 5.94. The Kier molecular flexibility index (Phi) is 7.85. The van der Waals surface area contributed by atoms with Gasteiger partial charge in [0, 0.05) is 25.3 Å². The molecule has 0 fully saturated rings. The van der Waals surface area contributed by atoms with Crippen molar-refractivity contribution in [1.29, 1.82) is 0 Å². The van der Waals surface area contributed by atoms with Gasteiger partial charge in [0.25, 0.3) is 0 Å². The summed E-state index contributed by atoms with van der Waals surface area (Å²) < 4.78 is 11.3. The van der Waals surface area contributed by atoms with Crippen molar-refractivity contribution in [3.05, 3.63) is 53.8 Å². The van der Waals surface area contributed by atoms with Crippen LogP contribution in [0.1, 0.15) is 0 Å². The zero-order valence-electron chi connectivity index (χ0n) is 14.5. The molecule has 0 aliphatic carbocycles. The fraction of sp³-hybridized carbons (Fsp3) is 0.333. The molecular weight excluding hydrogens is 340 g/mol. The predicted molar refractivity (Wildman–Crippen MR) is 101 cm³/mol. The topological polar surface area (TPSA) is 59.0 Å². The van der Waals surface area contributed by atoms with Crippen LogP contribution in [0, 0.1) is 0 Å². The number of benzene rings is 1. The smallest absolute Gasteiger partial charge is 0.193 e. The minimum atomic E-state index is 0.525. The molecule has 25 heavy (non-hydrogen) atoms. The van der Waals surface area contributed by atoms with Crippen molar-refractivity contribution in [3.63, 3.8) is 0 Å². The van der Waals surface area contributed by atoms with Crippen LogP contribution in [0.5, 0.6) is 11.5 Å². The lowest BCUT2D eigenvalue weighted by Gasteiger charge is -2.22. The summed E-state index contributed by atoms with van der Waals surface area (Å²) in [4.78, 5) is 10.3. The lowest BCUT2D eigenvalue weighted by molar-refractivity contribution is 0.279. The average molecular weight is 363 g/mol. The SMILES string of the molecule is CN=C(NCCOc1cccnc1)N(C)CCOc1cccc(Cl)c1. The minimum absolute atomic E-state index is 0.525. The van der Waals surface area contributed by atoms with Crippen LogP contribution in [-0.2, 0) is 0 Å². The van der Waals surface area contributed by atoms with Gasteiger partial charge < -0.3 is 19.7 Å². The zero-order valence-corrected chi connectivity index (χ0v) is 15.2. The molecule has 1 N–H and O–H groups in total. The molecule has 1 aromatic carbocycles. The fourth-order valence-corrected chi connectivity index (χ4v) is 2.29. The summed E-state index contributed by atoms with van der Waals surface area (Å²) in [6.07, 6.45) is 3.40. The molecule has 7 heteroatoms. The number of ether oxygens (including phenoxy) is 2. The number of pyridine rings is 1. The quantitative estimate of drug-likeness (QED) is 0.444. The van der Waals surface area contributed by atoms with Crippen molar-refractivity contribution >= 4 is 17.6 Å². The van der Waals surface area contributed by atoms with Crippen molar-refractivity contribution < 1.29 is 9.47 Å². The van der Waals surface area contributed by atoms with E-state index in [9.17, 15) is 0 Å². The van der Waals surface area contributed by atoms with E-state index in [2.05, 4.69) is 15.3 Å². The molecule has 2 rings (SSSR count). The summed E-state index contributed by atoms with van der Waals surface area (Å²) in [7, 11) is 3.71. The molecule has 1 aromatic heterocycles. The molecule has 1 heterocycles. The third-order valence-corrected chi connectivity index (χ3v) is 3.59. The summed E-state index contributed by atoms with van der Waals surface area (Å²) in [6, 6.07) is 11.1. The molecule has 0 saturated carbocycles. The molecule has 0 saturated heterocycles. The maximum Gasteiger partial charge on any atom is 0.193 e. The van der Waals surface area contributed by atoms with Crippen molar-refractivity contribution in [2.45, 2.75) is 0 Å². The van der Waals surface area contributed by atoms with E-state index >= 15 is 0 Å². The highest BCUT2D eigenvalue weighted by atomic mass is 35.5. The Hall–Kier alpha value is -2.47. The number of aliphatic imine (C=N–C) groups is 1. The van der Waals surface area contributed by atoms with E-state index in [-0.39, 0.29) is 0 Å². The van der Waals surface area contributed by atoms with Gasteiger partial charge in [0.15, 0.2) is 5.96 Å². The Morgan fingerprint density at radius 1 is 1.20 bits per heavy atom. The number of nitrogens with one attached hydrogen (secondary N) is 1. The van der Waals surface area contributed by atoms with E-state index in [4.69, 9.17) is 21.1 Å². The van der Waals surface area contributed by atoms with Gasteiger partial charge in [-0.3, -0.25) is 9.98 Å². The Morgan fingerprint density at radius 3 is 2.72 bits per heavy atom. The molecular formula is C18H23ClN4O2. The van der Waals surface area contributed by atoms with Gasteiger partial charge in [0.1, 0.15) is 24.7 Å². The van der Waals surface area contributed by atoms with Crippen molar-refractivity contribution in [3.8, 4) is 11.5 Å². The number of hydrogen-bond donors (Lipinski definition) is 1. The van der Waals surface area contributed by atoms with Gasteiger partial charge in [-0.25, -0.2) is 0 Å². The highest BCUT2D eigenvalue weighted by Crippen LogP contribution is 2.16. The number of guanidine groups is 1. The fourth-order valence-electron chi connectivity index (χ4n) is 2.11.